The van der Waals surface area contributed by atoms with E-state index >= 15 is 0 Å². The third-order valence-corrected chi connectivity index (χ3v) is 3.95. The van der Waals surface area contributed by atoms with Gasteiger partial charge in [-0.05, 0) is 38.5 Å². The minimum atomic E-state index is -0.770. The summed E-state index contributed by atoms with van der Waals surface area (Å²) >= 11 is 0. The maximum atomic E-state index is 12.5. The largest absolute Gasteiger partial charge is 0.466 e. The standard InChI is InChI=1S/C21H24O4/c1-4-24-20(23)21(2,3)15-18(16-11-7-5-8-12-16)25-19(22)17-13-9-6-10-14-17/h5-14,18H,4,15H2,1-3H3. The molecule has 0 saturated carbocycles. The van der Waals surface area contributed by atoms with Gasteiger partial charge in [-0.25, -0.2) is 4.79 Å². The molecule has 2 rings (SSSR count). The van der Waals surface area contributed by atoms with Gasteiger partial charge in [0.2, 0.25) is 0 Å². The second-order valence-electron chi connectivity index (χ2n) is 6.48. The van der Waals surface area contributed by atoms with E-state index in [1.54, 1.807) is 45.0 Å². The van der Waals surface area contributed by atoms with Crippen LogP contribution in [0.1, 0.15) is 49.2 Å². The van der Waals surface area contributed by atoms with Crippen LogP contribution in [-0.2, 0) is 14.3 Å². The van der Waals surface area contributed by atoms with Gasteiger partial charge in [-0.2, -0.15) is 0 Å². The van der Waals surface area contributed by atoms with Crippen LogP contribution in [0.2, 0.25) is 0 Å². The Balaban J connectivity index is 2.22. The molecular formula is C21H24O4. The Morgan fingerprint density at radius 3 is 2.08 bits per heavy atom. The summed E-state index contributed by atoms with van der Waals surface area (Å²) in [6.45, 7) is 5.70. The first-order valence-corrected chi connectivity index (χ1v) is 8.42. The van der Waals surface area contributed by atoms with E-state index in [1.165, 1.54) is 0 Å². The third kappa shape index (κ3) is 5.18. The Bertz CT molecular complexity index is 692. The summed E-state index contributed by atoms with van der Waals surface area (Å²) < 4.78 is 10.9. The number of carbonyl (C=O) groups excluding carboxylic acids is 2. The highest BCUT2D eigenvalue weighted by Crippen LogP contribution is 2.34. The van der Waals surface area contributed by atoms with Crippen molar-refractivity contribution in [3.63, 3.8) is 0 Å². The first-order valence-electron chi connectivity index (χ1n) is 8.42. The SMILES string of the molecule is CCOC(=O)C(C)(C)CC(OC(=O)c1ccccc1)c1ccccc1. The van der Waals surface area contributed by atoms with Crippen molar-refractivity contribution in [2.24, 2.45) is 5.41 Å². The number of esters is 2. The van der Waals surface area contributed by atoms with Gasteiger partial charge in [0, 0.05) is 6.42 Å². The summed E-state index contributed by atoms with van der Waals surface area (Å²) in [7, 11) is 0. The predicted molar refractivity (Wildman–Crippen MR) is 96.1 cm³/mol. The average Bonchev–Trinajstić information content (AvgIpc) is 2.62. The lowest BCUT2D eigenvalue weighted by Gasteiger charge is -2.28. The summed E-state index contributed by atoms with van der Waals surface area (Å²) in [6.07, 6.45) is -0.192. The van der Waals surface area contributed by atoms with Crippen LogP contribution in [0.3, 0.4) is 0 Å². The molecule has 0 amide bonds. The fourth-order valence-electron chi connectivity index (χ4n) is 2.54. The Kier molecular flexibility index (Phi) is 6.34. The molecule has 0 bridgehead atoms. The Labute approximate surface area is 148 Å². The molecule has 1 unspecified atom stereocenters. The predicted octanol–water partition coefficient (Wildman–Crippen LogP) is 4.56. The molecule has 1 atom stereocenters. The zero-order chi connectivity index (χ0) is 18.3. The fraction of sp³-hybridized carbons (Fsp3) is 0.333. The molecule has 4 nitrogen and oxygen atoms in total. The van der Waals surface area contributed by atoms with Gasteiger partial charge in [0.15, 0.2) is 0 Å². The molecule has 0 saturated heterocycles. The molecule has 0 heterocycles. The van der Waals surface area contributed by atoms with Crippen molar-refractivity contribution < 1.29 is 19.1 Å². The highest BCUT2D eigenvalue weighted by atomic mass is 16.5. The van der Waals surface area contributed by atoms with Crippen LogP contribution in [0.15, 0.2) is 60.7 Å². The van der Waals surface area contributed by atoms with Crippen molar-refractivity contribution in [1.29, 1.82) is 0 Å². The minimum absolute atomic E-state index is 0.299. The van der Waals surface area contributed by atoms with Gasteiger partial charge in [0.25, 0.3) is 0 Å². The topological polar surface area (TPSA) is 52.6 Å². The average molecular weight is 340 g/mol. The smallest absolute Gasteiger partial charge is 0.338 e. The lowest BCUT2D eigenvalue weighted by Crippen LogP contribution is -2.30. The van der Waals surface area contributed by atoms with Crippen LogP contribution in [-0.4, -0.2) is 18.5 Å². The molecule has 132 valence electrons. The minimum Gasteiger partial charge on any atom is -0.466 e. The van der Waals surface area contributed by atoms with Gasteiger partial charge in [-0.1, -0.05) is 48.5 Å². The molecule has 2 aromatic carbocycles. The van der Waals surface area contributed by atoms with E-state index in [9.17, 15) is 9.59 Å². The highest BCUT2D eigenvalue weighted by Gasteiger charge is 2.34. The van der Waals surface area contributed by atoms with Gasteiger partial charge >= 0.3 is 11.9 Å². The molecule has 4 heteroatoms. The normalized spacial score (nSPS) is 12.3. The van der Waals surface area contributed by atoms with E-state index in [0.29, 0.717) is 18.6 Å². The van der Waals surface area contributed by atoms with Crippen molar-refractivity contribution in [2.45, 2.75) is 33.3 Å². The number of hydrogen-bond acceptors (Lipinski definition) is 4. The quantitative estimate of drug-likeness (QED) is 0.693. The molecule has 2 aromatic rings. The molecule has 0 radical (unpaired) electrons. The number of hydrogen-bond donors (Lipinski definition) is 0. The van der Waals surface area contributed by atoms with Crippen molar-refractivity contribution in [2.75, 3.05) is 6.61 Å². The molecule has 25 heavy (non-hydrogen) atoms. The van der Waals surface area contributed by atoms with Gasteiger partial charge in [0.1, 0.15) is 6.10 Å². The lowest BCUT2D eigenvalue weighted by atomic mass is 9.84. The number of benzene rings is 2. The van der Waals surface area contributed by atoms with Crippen molar-refractivity contribution >= 4 is 11.9 Å². The molecule has 0 N–H and O–H groups in total. The molecule has 0 fully saturated rings. The highest BCUT2D eigenvalue weighted by molar-refractivity contribution is 5.89. The first-order chi connectivity index (χ1) is 11.9. The van der Waals surface area contributed by atoms with Crippen molar-refractivity contribution in [3.8, 4) is 0 Å². The van der Waals surface area contributed by atoms with E-state index in [-0.39, 0.29) is 5.97 Å². The third-order valence-electron chi connectivity index (χ3n) is 3.95. The zero-order valence-electron chi connectivity index (χ0n) is 14.9. The fourth-order valence-corrected chi connectivity index (χ4v) is 2.54. The van der Waals surface area contributed by atoms with Crippen LogP contribution >= 0.6 is 0 Å². The van der Waals surface area contributed by atoms with Gasteiger partial charge < -0.3 is 9.47 Å². The van der Waals surface area contributed by atoms with E-state index in [4.69, 9.17) is 9.47 Å². The van der Waals surface area contributed by atoms with Crippen LogP contribution in [0, 0.1) is 5.41 Å². The summed E-state index contributed by atoms with van der Waals surface area (Å²) in [5.74, 6) is -0.708. The van der Waals surface area contributed by atoms with E-state index in [1.807, 2.05) is 36.4 Å². The van der Waals surface area contributed by atoms with Gasteiger partial charge in [-0.3, -0.25) is 4.79 Å². The van der Waals surface area contributed by atoms with Crippen molar-refractivity contribution in [1.82, 2.24) is 0 Å². The van der Waals surface area contributed by atoms with E-state index in [2.05, 4.69) is 0 Å². The number of carbonyl (C=O) groups is 2. The summed E-state index contributed by atoms with van der Waals surface area (Å²) in [5, 5.41) is 0. The summed E-state index contributed by atoms with van der Waals surface area (Å²) in [6, 6.07) is 18.3. The van der Waals surface area contributed by atoms with Crippen LogP contribution in [0.25, 0.3) is 0 Å². The van der Waals surface area contributed by atoms with Gasteiger partial charge in [0.05, 0.1) is 17.6 Å². The first kappa shape index (κ1) is 18.7. The maximum Gasteiger partial charge on any atom is 0.338 e. The second kappa shape index (κ2) is 8.47. The molecule has 0 aliphatic rings. The lowest BCUT2D eigenvalue weighted by molar-refractivity contribution is -0.155. The van der Waals surface area contributed by atoms with Gasteiger partial charge in [-0.15, -0.1) is 0 Å². The van der Waals surface area contributed by atoms with E-state index in [0.717, 1.165) is 5.56 Å². The molecule has 0 aliphatic heterocycles. The number of rotatable bonds is 7. The Morgan fingerprint density at radius 2 is 1.52 bits per heavy atom. The summed E-state index contributed by atoms with van der Waals surface area (Å²) in [4.78, 5) is 24.7. The number of ether oxygens (including phenoxy) is 2. The second-order valence-corrected chi connectivity index (χ2v) is 6.48. The molecule has 0 spiro atoms. The summed E-state index contributed by atoms with van der Waals surface area (Å²) in [5.41, 5.74) is 0.564. The Hall–Kier alpha value is -2.62. The van der Waals surface area contributed by atoms with E-state index < -0.39 is 17.5 Å². The molecule has 0 aromatic heterocycles. The van der Waals surface area contributed by atoms with Crippen LogP contribution < -0.4 is 0 Å². The molecular weight excluding hydrogens is 316 g/mol. The zero-order valence-corrected chi connectivity index (χ0v) is 14.9. The monoisotopic (exact) mass is 340 g/mol. The van der Waals surface area contributed by atoms with Crippen molar-refractivity contribution in [3.05, 3.63) is 71.8 Å². The van der Waals surface area contributed by atoms with Crippen LogP contribution in [0.5, 0.6) is 0 Å². The molecule has 0 aliphatic carbocycles. The van der Waals surface area contributed by atoms with Crippen LogP contribution in [0.4, 0.5) is 0 Å². The Morgan fingerprint density at radius 1 is 0.960 bits per heavy atom. The maximum absolute atomic E-state index is 12.5.